The Kier molecular flexibility index (Phi) is 6.63. The van der Waals surface area contributed by atoms with Gasteiger partial charge in [0.15, 0.2) is 0 Å². The Bertz CT molecular complexity index is 568. The van der Waals surface area contributed by atoms with Crippen LogP contribution in [0.3, 0.4) is 0 Å². The molecule has 1 aromatic carbocycles. The highest BCUT2D eigenvalue weighted by molar-refractivity contribution is 9.10. The summed E-state index contributed by atoms with van der Waals surface area (Å²) in [6.07, 6.45) is 6.08. The van der Waals surface area contributed by atoms with E-state index in [9.17, 15) is 9.59 Å². The van der Waals surface area contributed by atoms with Crippen molar-refractivity contribution in [2.75, 3.05) is 11.9 Å². The van der Waals surface area contributed by atoms with Crippen LogP contribution in [0.2, 0.25) is 0 Å². The first kappa shape index (κ1) is 18.0. The molecule has 2 amide bonds. The molecule has 0 spiro atoms. The molecule has 0 aliphatic heterocycles. The molecule has 0 saturated heterocycles. The van der Waals surface area contributed by atoms with Crippen molar-refractivity contribution < 1.29 is 9.59 Å². The van der Waals surface area contributed by atoms with Gasteiger partial charge in [0.1, 0.15) is 0 Å². The molecular weight excluding hydrogens is 356 g/mol. The Hall–Kier alpha value is -1.36. The molecule has 1 aliphatic rings. The Morgan fingerprint density at radius 1 is 1.26 bits per heavy atom. The molecule has 0 atom stereocenters. The summed E-state index contributed by atoms with van der Waals surface area (Å²) in [7, 11) is 0. The first-order chi connectivity index (χ1) is 11.0. The van der Waals surface area contributed by atoms with Gasteiger partial charge in [-0.15, -0.1) is 0 Å². The number of carbonyl (C=O) groups is 2. The largest absolute Gasteiger partial charge is 0.339 e. The van der Waals surface area contributed by atoms with Crippen LogP contribution in [0.1, 0.15) is 51.0 Å². The second-order valence-electron chi connectivity index (χ2n) is 6.27. The van der Waals surface area contributed by atoms with Gasteiger partial charge in [-0.25, -0.2) is 0 Å². The van der Waals surface area contributed by atoms with Crippen molar-refractivity contribution in [2.45, 2.75) is 58.4 Å². The Morgan fingerprint density at radius 2 is 1.96 bits per heavy atom. The minimum absolute atomic E-state index is 0.0474. The van der Waals surface area contributed by atoms with E-state index in [0.29, 0.717) is 19.0 Å². The van der Waals surface area contributed by atoms with Gasteiger partial charge in [-0.2, -0.15) is 0 Å². The minimum Gasteiger partial charge on any atom is -0.339 e. The van der Waals surface area contributed by atoms with Gasteiger partial charge in [-0.3, -0.25) is 9.59 Å². The number of amides is 2. The van der Waals surface area contributed by atoms with Crippen molar-refractivity contribution in [3.05, 3.63) is 28.2 Å². The lowest BCUT2D eigenvalue weighted by molar-refractivity contribution is -0.132. The van der Waals surface area contributed by atoms with Gasteiger partial charge in [0.05, 0.1) is 0 Å². The molecule has 4 nitrogen and oxygen atoms in total. The van der Waals surface area contributed by atoms with Crippen LogP contribution in [0, 0.1) is 6.92 Å². The number of nitrogens with one attached hydrogen (secondary N) is 1. The van der Waals surface area contributed by atoms with Gasteiger partial charge >= 0.3 is 0 Å². The average molecular weight is 381 g/mol. The van der Waals surface area contributed by atoms with Crippen molar-refractivity contribution in [1.29, 1.82) is 0 Å². The van der Waals surface area contributed by atoms with E-state index in [1.165, 1.54) is 19.3 Å². The van der Waals surface area contributed by atoms with E-state index in [1.807, 2.05) is 30.0 Å². The first-order valence-corrected chi connectivity index (χ1v) is 9.10. The quantitative estimate of drug-likeness (QED) is 0.828. The molecule has 126 valence electrons. The number of halogens is 1. The van der Waals surface area contributed by atoms with E-state index in [4.69, 9.17) is 0 Å². The summed E-state index contributed by atoms with van der Waals surface area (Å²) in [6, 6.07) is 6.04. The van der Waals surface area contributed by atoms with E-state index in [1.54, 1.807) is 6.92 Å². The summed E-state index contributed by atoms with van der Waals surface area (Å²) >= 11 is 3.45. The fourth-order valence-corrected chi connectivity index (χ4v) is 3.40. The zero-order valence-electron chi connectivity index (χ0n) is 13.9. The highest BCUT2D eigenvalue weighted by Crippen LogP contribution is 2.23. The summed E-state index contributed by atoms with van der Waals surface area (Å²) in [4.78, 5) is 25.9. The number of carbonyl (C=O) groups excluding carboxylic acids is 2. The first-order valence-electron chi connectivity index (χ1n) is 8.30. The van der Waals surface area contributed by atoms with Crippen molar-refractivity contribution in [3.63, 3.8) is 0 Å². The van der Waals surface area contributed by atoms with Crippen LogP contribution >= 0.6 is 15.9 Å². The third kappa shape index (κ3) is 5.34. The Balaban J connectivity index is 1.88. The minimum atomic E-state index is -0.0474. The maximum atomic E-state index is 12.2. The second kappa shape index (κ2) is 8.48. The van der Waals surface area contributed by atoms with E-state index < -0.39 is 0 Å². The molecule has 0 aromatic heterocycles. The lowest BCUT2D eigenvalue weighted by Gasteiger charge is -2.33. The zero-order valence-corrected chi connectivity index (χ0v) is 15.5. The maximum absolute atomic E-state index is 12.2. The van der Waals surface area contributed by atoms with Crippen molar-refractivity contribution in [3.8, 4) is 0 Å². The molecule has 23 heavy (non-hydrogen) atoms. The van der Waals surface area contributed by atoms with Crippen molar-refractivity contribution in [2.24, 2.45) is 0 Å². The Morgan fingerprint density at radius 3 is 2.57 bits per heavy atom. The summed E-state index contributed by atoms with van der Waals surface area (Å²) in [5, 5.41) is 2.91. The average Bonchev–Trinajstić information content (AvgIpc) is 2.52. The van der Waals surface area contributed by atoms with Gasteiger partial charge in [0.2, 0.25) is 11.8 Å². The number of aryl methyl sites for hydroxylation is 1. The molecule has 0 radical (unpaired) electrons. The van der Waals surface area contributed by atoms with Crippen LogP contribution in [0.4, 0.5) is 5.69 Å². The molecule has 1 N–H and O–H groups in total. The van der Waals surface area contributed by atoms with Crippen LogP contribution in [0.5, 0.6) is 0 Å². The molecule has 0 unspecified atom stereocenters. The maximum Gasteiger partial charge on any atom is 0.226 e. The van der Waals surface area contributed by atoms with Gasteiger partial charge in [-0.1, -0.05) is 35.2 Å². The molecule has 1 fully saturated rings. The van der Waals surface area contributed by atoms with E-state index >= 15 is 0 Å². The number of rotatable bonds is 5. The topological polar surface area (TPSA) is 49.4 Å². The lowest BCUT2D eigenvalue weighted by Crippen LogP contribution is -2.41. The normalized spacial score (nSPS) is 15.3. The number of hydrogen-bond donors (Lipinski definition) is 1. The second-order valence-corrected chi connectivity index (χ2v) is 7.12. The zero-order chi connectivity index (χ0) is 16.8. The molecule has 1 aromatic rings. The SMILES string of the molecule is CC(=O)N(CCC(=O)Nc1ccc(Br)c(C)c1)C1CCCCC1. The third-order valence-corrected chi connectivity index (χ3v) is 5.33. The van der Waals surface area contributed by atoms with E-state index in [0.717, 1.165) is 28.6 Å². The number of benzene rings is 1. The van der Waals surface area contributed by atoms with Crippen molar-refractivity contribution >= 4 is 33.4 Å². The molecule has 0 heterocycles. The fourth-order valence-electron chi connectivity index (χ4n) is 3.16. The Labute approximate surface area is 146 Å². The number of anilines is 1. The van der Waals surface area contributed by atoms with Gasteiger partial charge in [0, 0.05) is 36.1 Å². The summed E-state index contributed by atoms with van der Waals surface area (Å²) in [5.74, 6) is 0.0259. The molecule has 1 saturated carbocycles. The lowest BCUT2D eigenvalue weighted by atomic mass is 9.94. The highest BCUT2D eigenvalue weighted by atomic mass is 79.9. The van der Waals surface area contributed by atoms with Crippen LogP contribution in [-0.2, 0) is 9.59 Å². The van der Waals surface area contributed by atoms with Crippen molar-refractivity contribution in [1.82, 2.24) is 4.90 Å². The third-order valence-electron chi connectivity index (χ3n) is 4.44. The van der Waals surface area contributed by atoms with Crippen LogP contribution in [0.25, 0.3) is 0 Å². The molecule has 1 aliphatic carbocycles. The van der Waals surface area contributed by atoms with Crippen LogP contribution in [-0.4, -0.2) is 29.3 Å². The fraction of sp³-hybridized carbons (Fsp3) is 0.556. The van der Waals surface area contributed by atoms with E-state index in [-0.39, 0.29) is 11.8 Å². The predicted octanol–water partition coefficient (Wildman–Crippen LogP) is 4.27. The summed E-state index contributed by atoms with van der Waals surface area (Å²) < 4.78 is 1.02. The van der Waals surface area contributed by atoms with Gasteiger partial charge in [0.25, 0.3) is 0 Å². The number of nitrogens with zero attached hydrogens (tertiary/aromatic N) is 1. The van der Waals surface area contributed by atoms with Crippen LogP contribution < -0.4 is 5.32 Å². The monoisotopic (exact) mass is 380 g/mol. The predicted molar refractivity (Wildman–Crippen MR) is 96.4 cm³/mol. The molecule has 5 heteroatoms. The standard InChI is InChI=1S/C18H25BrN2O2/c1-13-12-15(8-9-17(13)19)20-18(23)10-11-21(14(2)22)16-6-4-3-5-7-16/h8-9,12,16H,3-7,10-11H2,1-2H3,(H,20,23). The molecular formula is C18H25BrN2O2. The summed E-state index contributed by atoms with van der Waals surface area (Å²) in [5.41, 5.74) is 1.87. The molecule has 0 bridgehead atoms. The van der Waals surface area contributed by atoms with Gasteiger partial charge < -0.3 is 10.2 Å². The summed E-state index contributed by atoms with van der Waals surface area (Å²) in [6.45, 7) is 4.09. The number of hydrogen-bond acceptors (Lipinski definition) is 2. The van der Waals surface area contributed by atoms with E-state index in [2.05, 4.69) is 21.2 Å². The van der Waals surface area contributed by atoms with Crippen LogP contribution in [0.15, 0.2) is 22.7 Å². The highest BCUT2D eigenvalue weighted by Gasteiger charge is 2.23. The molecule has 2 rings (SSSR count). The smallest absolute Gasteiger partial charge is 0.226 e. The van der Waals surface area contributed by atoms with Gasteiger partial charge in [-0.05, 0) is 43.5 Å².